The highest BCUT2D eigenvalue weighted by atomic mass is 15.3. The van der Waals surface area contributed by atoms with Gasteiger partial charge in [0.25, 0.3) is 0 Å². The summed E-state index contributed by atoms with van der Waals surface area (Å²) < 4.78 is 0. The second-order valence-corrected chi connectivity index (χ2v) is 6.46. The highest BCUT2D eigenvalue weighted by molar-refractivity contribution is 5.48. The van der Waals surface area contributed by atoms with Crippen molar-refractivity contribution in [3.63, 3.8) is 0 Å². The zero-order chi connectivity index (χ0) is 14.8. The molecule has 2 N–H and O–H groups in total. The molecule has 1 aromatic heterocycles. The summed E-state index contributed by atoms with van der Waals surface area (Å²) in [6, 6.07) is 3.11. The summed E-state index contributed by atoms with van der Waals surface area (Å²) in [7, 11) is 0. The molecule has 0 bridgehead atoms. The monoisotopic (exact) mass is 289 g/mol. The Balaban J connectivity index is 1.82. The molecule has 3 heterocycles. The summed E-state index contributed by atoms with van der Waals surface area (Å²) in [5, 5.41) is 0. The molecule has 2 aliphatic heterocycles. The van der Waals surface area contributed by atoms with E-state index >= 15 is 0 Å². The molecule has 21 heavy (non-hydrogen) atoms. The summed E-state index contributed by atoms with van der Waals surface area (Å²) in [4.78, 5) is 14.2. The van der Waals surface area contributed by atoms with Gasteiger partial charge in [-0.2, -0.15) is 0 Å². The van der Waals surface area contributed by atoms with Crippen LogP contribution in [0.15, 0.2) is 6.07 Å². The smallest absolute Gasteiger partial charge is 0.134 e. The minimum absolute atomic E-state index is 0.489. The third kappa shape index (κ3) is 3.12. The molecule has 0 aliphatic carbocycles. The third-order valence-electron chi connectivity index (χ3n) is 4.73. The van der Waals surface area contributed by atoms with Crippen molar-refractivity contribution in [3.8, 4) is 0 Å². The number of anilines is 2. The van der Waals surface area contributed by atoms with Gasteiger partial charge in [0.15, 0.2) is 0 Å². The van der Waals surface area contributed by atoms with E-state index in [0.717, 1.165) is 37.6 Å². The first-order valence-electron chi connectivity index (χ1n) is 8.31. The lowest BCUT2D eigenvalue weighted by molar-refractivity contribution is 0.115. The lowest BCUT2D eigenvalue weighted by atomic mass is 9.97. The zero-order valence-corrected chi connectivity index (χ0v) is 13.3. The van der Waals surface area contributed by atoms with Crippen LogP contribution in [0.4, 0.5) is 11.6 Å². The minimum atomic E-state index is 0.489. The maximum Gasteiger partial charge on any atom is 0.134 e. The third-order valence-corrected chi connectivity index (χ3v) is 4.73. The Hall–Kier alpha value is -1.36. The van der Waals surface area contributed by atoms with Crippen LogP contribution >= 0.6 is 0 Å². The number of piperidine rings is 1. The number of piperazine rings is 1. The van der Waals surface area contributed by atoms with Crippen LogP contribution in [-0.4, -0.2) is 46.6 Å². The first-order chi connectivity index (χ1) is 10.2. The van der Waals surface area contributed by atoms with Gasteiger partial charge in [-0.05, 0) is 32.7 Å². The van der Waals surface area contributed by atoms with Gasteiger partial charge in [-0.1, -0.05) is 13.3 Å². The fourth-order valence-corrected chi connectivity index (χ4v) is 3.66. The molecule has 3 rings (SSSR count). The van der Waals surface area contributed by atoms with Gasteiger partial charge in [-0.15, -0.1) is 0 Å². The van der Waals surface area contributed by atoms with Crippen LogP contribution in [0.2, 0.25) is 0 Å². The average molecular weight is 289 g/mol. The van der Waals surface area contributed by atoms with E-state index in [9.17, 15) is 0 Å². The van der Waals surface area contributed by atoms with Crippen molar-refractivity contribution >= 4 is 11.6 Å². The highest BCUT2D eigenvalue weighted by Crippen LogP contribution is 2.27. The molecule has 0 spiro atoms. The van der Waals surface area contributed by atoms with Crippen LogP contribution in [0.1, 0.15) is 45.4 Å². The minimum Gasteiger partial charge on any atom is -0.384 e. The number of rotatable bonds is 3. The van der Waals surface area contributed by atoms with Gasteiger partial charge < -0.3 is 10.6 Å². The maximum absolute atomic E-state index is 5.99. The van der Waals surface area contributed by atoms with Gasteiger partial charge in [0, 0.05) is 37.7 Å². The molecule has 5 heteroatoms. The summed E-state index contributed by atoms with van der Waals surface area (Å²) in [6.45, 7) is 7.91. The van der Waals surface area contributed by atoms with Crippen LogP contribution in [0.5, 0.6) is 0 Å². The van der Waals surface area contributed by atoms with E-state index < -0.39 is 0 Å². The molecule has 0 saturated carbocycles. The Labute approximate surface area is 127 Å². The second-order valence-electron chi connectivity index (χ2n) is 6.46. The summed E-state index contributed by atoms with van der Waals surface area (Å²) in [5.41, 5.74) is 5.99. The number of hydrogen-bond acceptors (Lipinski definition) is 5. The number of aryl methyl sites for hydroxylation is 1. The second kappa shape index (κ2) is 6.18. The van der Waals surface area contributed by atoms with Crippen molar-refractivity contribution < 1.29 is 0 Å². The Morgan fingerprint density at radius 2 is 2.14 bits per heavy atom. The molecule has 116 valence electrons. The lowest BCUT2D eigenvalue weighted by Gasteiger charge is -2.48. The van der Waals surface area contributed by atoms with Crippen LogP contribution in [0.3, 0.4) is 0 Å². The SMILES string of the molecule is CCCc1nc(N)cc(N2CC3CCCCN3CC2C)n1. The van der Waals surface area contributed by atoms with Crippen molar-refractivity contribution in [3.05, 3.63) is 11.9 Å². The maximum atomic E-state index is 5.99. The normalized spacial score (nSPS) is 26.7. The van der Waals surface area contributed by atoms with Gasteiger partial charge in [0.05, 0.1) is 0 Å². The molecular weight excluding hydrogens is 262 g/mol. The zero-order valence-electron chi connectivity index (χ0n) is 13.3. The predicted molar refractivity (Wildman–Crippen MR) is 86.5 cm³/mol. The fraction of sp³-hybridized carbons (Fsp3) is 0.750. The summed E-state index contributed by atoms with van der Waals surface area (Å²) in [6.07, 6.45) is 5.97. The molecule has 2 atom stereocenters. The molecule has 1 aromatic rings. The standard InChI is InChI=1S/C16H27N5/c1-3-6-15-18-14(17)9-16(19-15)21-11-13-7-4-5-8-20(13)10-12(21)2/h9,12-13H,3-8,10-11H2,1-2H3,(H2,17,18,19). The van der Waals surface area contributed by atoms with Gasteiger partial charge in [0.1, 0.15) is 17.5 Å². The summed E-state index contributed by atoms with van der Waals surface area (Å²) in [5.74, 6) is 2.50. The van der Waals surface area contributed by atoms with E-state index in [0.29, 0.717) is 17.9 Å². The van der Waals surface area contributed by atoms with Crippen molar-refractivity contribution in [1.29, 1.82) is 0 Å². The topological polar surface area (TPSA) is 58.3 Å². The molecule has 2 aliphatic rings. The van der Waals surface area contributed by atoms with Crippen molar-refractivity contribution in [2.75, 3.05) is 30.3 Å². The molecule has 2 saturated heterocycles. The quantitative estimate of drug-likeness (QED) is 0.923. The lowest BCUT2D eigenvalue weighted by Crippen LogP contribution is -2.59. The van der Waals surface area contributed by atoms with Crippen molar-refractivity contribution in [1.82, 2.24) is 14.9 Å². The fourth-order valence-electron chi connectivity index (χ4n) is 3.66. The molecule has 0 amide bonds. The molecule has 2 fully saturated rings. The molecular formula is C16H27N5. The van der Waals surface area contributed by atoms with Crippen LogP contribution in [0, 0.1) is 0 Å². The van der Waals surface area contributed by atoms with E-state index in [1.54, 1.807) is 0 Å². The Morgan fingerprint density at radius 1 is 1.29 bits per heavy atom. The molecule has 0 aromatic carbocycles. The summed E-state index contributed by atoms with van der Waals surface area (Å²) >= 11 is 0. The van der Waals surface area contributed by atoms with Gasteiger partial charge in [-0.25, -0.2) is 9.97 Å². The van der Waals surface area contributed by atoms with Crippen molar-refractivity contribution in [2.45, 2.75) is 58.0 Å². The van der Waals surface area contributed by atoms with E-state index in [1.165, 1.54) is 25.8 Å². The number of fused-ring (bicyclic) bond motifs is 1. The van der Waals surface area contributed by atoms with E-state index in [1.807, 2.05) is 6.07 Å². The first kappa shape index (κ1) is 14.6. The average Bonchev–Trinajstić information content (AvgIpc) is 2.46. The largest absolute Gasteiger partial charge is 0.384 e. The van der Waals surface area contributed by atoms with Crippen molar-refractivity contribution in [2.24, 2.45) is 0 Å². The first-order valence-corrected chi connectivity index (χ1v) is 8.31. The van der Waals surface area contributed by atoms with E-state index in [4.69, 9.17) is 10.7 Å². The number of nitrogen functional groups attached to an aromatic ring is 1. The van der Waals surface area contributed by atoms with E-state index in [2.05, 4.69) is 28.6 Å². The molecule has 0 radical (unpaired) electrons. The van der Waals surface area contributed by atoms with Gasteiger partial charge in [-0.3, -0.25) is 4.90 Å². The van der Waals surface area contributed by atoms with Crippen LogP contribution in [0.25, 0.3) is 0 Å². The predicted octanol–water partition coefficient (Wildman–Crippen LogP) is 2.07. The van der Waals surface area contributed by atoms with Gasteiger partial charge in [0.2, 0.25) is 0 Å². The Kier molecular flexibility index (Phi) is 4.29. The molecule has 5 nitrogen and oxygen atoms in total. The number of hydrogen-bond donors (Lipinski definition) is 1. The number of nitrogens with zero attached hydrogens (tertiary/aromatic N) is 4. The van der Waals surface area contributed by atoms with Crippen LogP contribution in [-0.2, 0) is 6.42 Å². The Morgan fingerprint density at radius 3 is 2.95 bits per heavy atom. The number of aromatic nitrogens is 2. The molecule has 2 unspecified atom stereocenters. The Bertz CT molecular complexity index is 490. The van der Waals surface area contributed by atoms with Gasteiger partial charge >= 0.3 is 0 Å². The van der Waals surface area contributed by atoms with Crippen LogP contribution < -0.4 is 10.6 Å². The highest BCUT2D eigenvalue weighted by Gasteiger charge is 2.33. The van der Waals surface area contributed by atoms with E-state index in [-0.39, 0.29) is 0 Å². The number of nitrogens with two attached hydrogens (primary N) is 1.